The summed E-state index contributed by atoms with van der Waals surface area (Å²) in [5.74, 6) is 0.631. The fourth-order valence-corrected chi connectivity index (χ4v) is 3.75. The molecule has 12 heteroatoms. The van der Waals surface area contributed by atoms with Gasteiger partial charge in [-0.1, -0.05) is 39.3 Å². The first-order valence-electron chi connectivity index (χ1n) is 10.5. The number of nitrogens with two attached hydrogens (primary N) is 2. The standard InChI is InChI=1S/2C10H18N4OSi/c1-16(2,3)5-4-15-8-14-7-9(6-11)10(12)13-14;1-16(2,3)5-4-15-8-14-10(12)9(6-11)7-13-14/h7H,4-5,8H2,1-3H3,(H2,12,13);7H,4-5,8,12H2,1-3H3. The fourth-order valence-electron chi connectivity index (χ4n) is 2.24. The quantitative estimate of drug-likeness (QED) is 0.391. The van der Waals surface area contributed by atoms with E-state index in [9.17, 15) is 0 Å². The number of anilines is 2. The highest BCUT2D eigenvalue weighted by molar-refractivity contribution is 6.76. The van der Waals surface area contributed by atoms with Crippen molar-refractivity contribution in [3.63, 3.8) is 0 Å². The van der Waals surface area contributed by atoms with Crippen LogP contribution >= 0.6 is 0 Å². The van der Waals surface area contributed by atoms with Crippen LogP contribution in [0.25, 0.3) is 0 Å². The normalized spacial score (nSPS) is 11.4. The van der Waals surface area contributed by atoms with Gasteiger partial charge in [-0.15, -0.1) is 0 Å². The SMILES string of the molecule is C[Si](C)(C)CCOCn1cc(C#N)c(N)n1.C[Si](C)(C)CCOCn1ncc(C#N)c1N. The summed E-state index contributed by atoms with van der Waals surface area (Å²) >= 11 is 0. The lowest BCUT2D eigenvalue weighted by Crippen LogP contribution is -2.22. The number of nitrogen functional groups attached to an aromatic ring is 2. The van der Waals surface area contributed by atoms with Crippen molar-refractivity contribution in [1.82, 2.24) is 19.6 Å². The number of nitriles is 2. The molecule has 0 aromatic carbocycles. The van der Waals surface area contributed by atoms with Gasteiger partial charge in [0.25, 0.3) is 0 Å². The Bertz CT molecular complexity index is 918. The topological polar surface area (TPSA) is 154 Å². The van der Waals surface area contributed by atoms with Crippen molar-refractivity contribution in [3.8, 4) is 12.1 Å². The Labute approximate surface area is 192 Å². The molecule has 2 heterocycles. The van der Waals surface area contributed by atoms with E-state index < -0.39 is 16.1 Å². The Hall–Kier alpha value is -2.65. The lowest BCUT2D eigenvalue weighted by Gasteiger charge is -2.15. The van der Waals surface area contributed by atoms with E-state index in [1.807, 2.05) is 12.1 Å². The summed E-state index contributed by atoms with van der Waals surface area (Å²) in [7, 11) is -2.09. The van der Waals surface area contributed by atoms with Crippen molar-refractivity contribution in [2.75, 3.05) is 24.7 Å². The molecule has 4 N–H and O–H groups in total. The van der Waals surface area contributed by atoms with Gasteiger partial charge in [0.2, 0.25) is 0 Å². The van der Waals surface area contributed by atoms with E-state index in [4.69, 9.17) is 31.5 Å². The molecular formula is C20H36N8O2Si2. The maximum atomic E-state index is 8.69. The van der Waals surface area contributed by atoms with Crippen molar-refractivity contribution in [2.45, 2.75) is 64.8 Å². The Kier molecular flexibility index (Phi) is 10.6. The van der Waals surface area contributed by atoms with E-state index in [2.05, 4.69) is 49.5 Å². The van der Waals surface area contributed by atoms with Crippen LogP contribution in [0.2, 0.25) is 51.4 Å². The van der Waals surface area contributed by atoms with Crippen molar-refractivity contribution in [1.29, 1.82) is 10.5 Å². The van der Waals surface area contributed by atoms with E-state index in [1.165, 1.54) is 10.9 Å². The van der Waals surface area contributed by atoms with Crippen molar-refractivity contribution in [3.05, 3.63) is 23.5 Å². The summed E-state index contributed by atoms with van der Waals surface area (Å²) in [6.07, 6.45) is 3.06. The number of rotatable bonds is 10. The average molecular weight is 477 g/mol. The number of nitrogens with zero attached hydrogens (tertiary/aromatic N) is 6. The summed E-state index contributed by atoms with van der Waals surface area (Å²) in [5.41, 5.74) is 12.0. The molecular weight excluding hydrogens is 440 g/mol. The van der Waals surface area contributed by atoms with Crippen LogP contribution in [-0.4, -0.2) is 48.9 Å². The van der Waals surface area contributed by atoms with E-state index in [0.717, 1.165) is 25.3 Å². The molecule has 0 unspecified atom stereocenters. The summed E-state index contributed by atoms with van der Waals surface area (Å²) < 4.78 is 14.0. The Morgan fingerprint density at radius 3 is 1.88 bits per heavy atom. The molecule has 2 rings (SSSR count). The third-order valence-electron chi connectivity index (χ3n) is 4.34. The minimum absolute atomic E-state index is 0.260. The lowest BCUT2D eigenvalue weighted by atomic mass is 10.4. The summed E-state index contributed by atoms with van der Waals surface area (Å²) in [6.45, 7) is 15.9. The minimum Gasteiger partial charge on any atom is -0.383 e. The molecule has 32 heavy (non-hydrogen) atoms. The highest BCUT2D eigenvalue weighted by Crippen LogP contribution is 2.11. The van der Waals surface area contributed by atoms with Gasteiger partial charge in [-0.2, -0.15) is 20.7 Å². The molecule has 0 aliphatic heterocycles. The van der Waals surface area contributed by atoms with Gasteiger partial charge in [-0.25, -0.2) is 9.36 Å². The highest BCUT2D eigenvalue weighted by Gasteiger charge is 2.13. The van der Waals surface area contributed by atoms with Crippen LogP contribution < -0.4 is 11.5 Å². The molecule has 0 atom stereocenters. The van der Waals surface area contributed by atoms with Crippen molar-refractivity contribution >= 4 is 27.8 Å². The second-order valence-corrected chi connectivity index (χ2v) is 21.1. The van der Waals surface area contributed by atoms with Gasteiger partial charge in [-0.3, -0.25) is 0 Å². The maximum Gasteiger partial charge on any atom is 0.163 e. The monoisotopic (exact) mass is 476 g/mol. The summed E-state index contributed by atoms with van der Waals surface area (Å²) in [4.78, 5) is 0. The molecule has 0 saturated carbocycles. The zero-order chi connectivity index (χ0) is 24.4. The van der Waals surface area contributed by atoms with Gasteiger partial charge in [0.15, 0.2) is 5.82 Å². The van der Waals surface area contributed by atoms with E-state index in [1.54, 1.807) is 10.9 Å². The van der Waals surface area contributed by atoms with Crippen LogP contribution in [0.1, 0.15) is 11.1 Å². The van der Waals surface area contributed by atoms with Crippen LogP contribution in [0.5, 0.6) is 0 Å². The number of hydrogen-bond acceptors (Lipinski definition) is 8. The van der Waals surface area contributed by atoms with Gasteiger partial charge in [0, 0.05) is 35.6 Å². The molecule has 0 amide bonds. The van der Waals surface area contributed by atoms with E-state index in [-0.39, 0.29) is 5.82 Å². The van der Waals surface area contributed by atoms with Gasteiger partial charge in [0.1, 0.15) is 42.5 Å². The first-order valence-corrected chi connectivity index (χ1v) is 17.9. The number of aromatic nitrogens is 4. The smallest absolute Gasteiger partial charge is 0.163 e. The molecule has 0 saturated heterocycles. The average Bonchev–Trinajstić information content (AvgIpc) is 3.23. The zero-order valence-electron chi connectivity index (χ0n) is 20.1. The fraction of sp³-hybridized carbons (Fsp3) is 0.600. The molecule has 2 aromatic heterocycles. The molecule has 0 bridgehead atoms. The highest BCUT2D eigenvalue weighted by atomic mass is 28.3. The largest absolute Gasteiger partial charge is 0.383 e. The van der Waals surface area contributed by atoms with Crippen molar-refractivity contribution in [2.24, 2.45) is 0 Å². The van der Waals surface area contributed by atoms with Gasteiger partial charge >= 0.3 is 0 Å². The first-order chi connectivity index (χ1) is 14.9. The predicted molar refractivity (Wildman–Crippen MR) is 131 cm³/mol. The van der Waals surface area contributed by atoms with Crippen molar-refractivity contribution < 1.29 is 9.47 Å². The Morgan fingerprint density at radius 1 is 0.906 bits per heavy atom. The summed E-state index contributed by atoms with van der Waals surface area (Å²) in [5, 5.41) is 25.3. The molecule has 2 aromatic rings. The van der Waals surface area contributed by atoms with Gasteiger partial charge < -0.3 is 20.9 Å². The summed E-state index contributed by atoms with van der Waals surface area (Å²) in [6, 6.07) is 6.18. The zero-order valence-corrected chi connectivity index (χ0v) is 22.1. The number of ether oxygens (including phenoxy) is 2. The second kappa shape index (κ2) is 12.4. The van der Waals surface area contributed by atoms with Gasteiger partial charge in [-0.05, 0) is 12.1 Å². The van der Waals surface area contributed by atoms with Crippen LogP contribution in [-0.2, 0) is 22.9 Å². The van der Waals surface area contributed by atoms with Gasteiger partial charge in [0.05, 0.1) is 6.20 Å². The van der Waals surface area contributed by atoms with Crippen LogP contribution in [0.4, 0.5) is 11.6 Å². The van der Waals surface area contributed by atoms with Crippen LogP contribution in [0.3, 0.4) is 0 Å². The third kappa shape index (κ3) is 10.6. The minimum atomic E-state index is -1.05. The van der Waals surface area contributed by atoms with E-state index >= 15 is 0 Å². The van der Waals surface area contributed by atoms with Crippen LogP contribution in [0, 0.1) is 22.7 Å². The van der Waals surface area contributed by atoms with Crippen LogP contribution in [0.15, 0.2) is 12.4 Å². The van der Waals surface area contributed by atoms with E-state index in [0.29, 0.717) is 30.4 Å². The predicted octanol–water partition coefficient (Wildman–Crippen LogP) is 3.30. The second-order valence-electron chi connectivity index (χ2n) is 9.83. The lowest BCUT2D eigenvalue weighted by molar-refractivity contribution is 0.0787. The molecule has 0 aliphatic carbocycles. The molecule has 0 radical (unpaired) electrons. The molecule has 176 valence electrons. The Morgan fingerprint density at radius 2 is 1.44 bits per heavy atom. The molecule has 0 fully saturated rings. The maximum absolute atomic E-state index is 8.69. The first kappa shape index (κ1) is 27.4. The molecule has 0 aliphatic rings. The third-order valence-corrected chi connectivity index (χ3v) is 7.75. The molecule has 10 nitrogen and oxygen atoms in total. The Balaban J connectivity index is 0.000000320. The number of hydrogen-bond donors (Lipinski definition) is 2. The molecule has 0 spiro atoms.